The molecule has 8 heteroatoms. The monoisotopic (exact) mass is 366 g/mol. The normalized spacial score (nSPS) is 15.9. The van der Waals surface area contributed by atoms with Gasteiger partial charge in [0.05, 0.1) is 7.11 Å². The van der Waals surface area contributed by atoms with Crippen LogP contribution in [-0.4, -0.2) is 46.2 Å². The highest BCUT2D eigenvalue weighted by molar-refractivity contribution is 5.79. The van der Waals surface area contributed by atoms with E-state index in [-0.39, 0.29) is 18.6 Å². The standard InChI is InChI=1S/C19H18N4O4/c1-25-14-4-6-15(7-5-14)26-12-17(24)23-10-8-16(23)19-21-18(22-27-19)13-3-2-9-20-11-13/h2-7,9,11,16H,8,10,12H2,1H3. The minimum atomic E-state index is -0.213. The van der Waals surface area contributed by atoms with Crippen molar-refractivity contribution < 1.29 is 18.8 Å². The fourth-order valence-electron chi connectivity index (χ4n) is 2.83. The Labute approximate surface area is 155 Å². The Balaban J connectivity index is 1.37. The smallest absolute Gasteiger partial charge is 0.261 e. The van der Waals surface area contributed by atoms with Crippen molar-refractivity contribution >= 4 is 5.91 Å². The minimum Gasteiger partial charge on any atom is -0.497 e. The van der Waals surface area contributed by atoms with E-state index in [0.29, 0.717) is 24.0 Å². The summed E-state index contributed by atoms with van der Waals surface area (Å²) in [6, 6.07) is 10.5. The first-order valence-electron chi connectivity index (χ1n) is 8.55. The number of carbonyl (C=O) groups excluding carboxylic acids is 1. The predicted molar refractivity (Wildman–Crippen MR) is 95.1 cm³/mol. The molecule has 3 aromatic rings. The van der Waals surface area contributed by atoms with Gasteiger partial charge in [-0.15, -0.1) is 0 Å². The first kappa shape index (κ1) is 17.0. The lowest BCUT2D eigenvalue weighted by Crippen LogP contribution is -2.47. The van der Waals surface area contributed by atoms with Crippen molar-refractivity contribution in [1.82, 2.24) is 20.0 Å². The number of hydrogen-bond donors (Lipinski definition) is 0. The molecule has 1 amide bonds. The van der Waals surface area contributed by atoms with Crippen molar-refractivity contribution in [1.29, 1.82) is 0 Å². The van der Waals surface area contributed by atoms with Crippen molar-refractivity contribution in [3.05, 3.63) is 54.7 Å². The highest BCUT2D eigenvalue weighted by Crippen LogP contribution is 2.33. The third kappa shape index (κ3) is 3.59. The van der Waals surface area contributed by atoms with E-state index < -0.39 is 0 Å². The van der Waals surface area contributed by atoms with Gasteiger partial charge in [-0.05, 0) is 42.8 Å². The number of nitrogens with zero attached hydrogens (tertiary/aromatic N) is 4. The molecule has 1 aliphatic heterocycles. The quantitative estimate of drug-likeness (QED) is 0.662. The van der Waals surface area contributed by atoms with E-state index in [4.69, 9.17) is 14.0 Å². The Morgan fingerprint density at radius 3 is 2.74 bits per heavy atom. The van der Waals surface area contributed by atoms with Gasteiger partial charge >= 0.3 is 0 Å². The maximum atomic E-state index is 12.5. The molecule has 0 aliphatic carbocycles. The zero-order chi connectivity index (χ0) is 18.6. The number of carbonyl (C=O) groups is 1. The zero-order valence-electron chi connectivity index (χ0n) is 14.7. The van der Waals surface area contributed by atoms with Crippen molar-refractivity contribution in [2.75, 3.05) is 20.3 Å². The highest BCUT2D eigenvalue weighted by atomic mass is 16.5. The highest BCUT2D eigenvalue weighted by Gasteiger charge is 2.37. The molecule has 138 valence electrons. The number of pyridine rings is 1. The Kier molecular flexibility index (Phi) is 4.69. The summed E-state index contributed by atoms with van der Waals surface area (Å²) in [5, 5.41) is 3.99. The third-order valence-electron chi connectivity index (χ3n) is 4.41. The van der Waals surface area contributed by atoms with Crippen molar-refractivity contribution in [2.24, 2.45) is 0 Å². The van der Waals surface area contributed by atoms with E-state index in [1.807, 2.05) is 6.07 Å². The molecule has 0 radical (unpaired) electrons. The summed E-state index contributed by atoms with van der Waals surface area (Å²) in [6.45, 7) is 0.590. The van der Waals surface area contributed by atoms with Crippen LogP contribution in [0.3, 0.4) is 0 Å². The molecule has 0 bridgehead atoms. The summed E-state index contributed by atoms with van der Waals surface area (Å²) in [4.78, 5) is 22.6. The summed E-state index contributed by atoms with van der Waals surface area (Å²) >= 11 is 0. The first-order chi connectivity index (χ1) is 13.2. The van der Waals surface area contributed by atoms with Gasteiger partial charge in [-0.1, -0.05) is 5.16 Å². The maximum Gasteiger partial charge on any atom is 0.261 e. The molecule has 1 atom stereocenters. The summed E-state index contributed by atoms with van der Waals surface area (Å²) in [6.07, 6.45) is 4.13. The average molecular weight is 366 g/mol. The van der Waals surface area contributed by atoms with Crippen LogP contribution in [0.5, 0.6) is 11.5 Å². The molecule has 8 nitrogen and oxygen atoms in total. The molecule has 3 heterocycles. The number of benzene rings is 1. The van der Waals surface area contributed by atoms with Gasteiger partial charge in [-0.2, -0.15) is 4.98 Å². The molecule has 0 N–H and O–H groups in total. The fourth-order valence-corrected chi connectivity index (χ4v) is 2.83. The lowest BCUT2D eigenvalue weighted by Gasteiger charge is -2.38. The Morgan fingerprint density at radius 2 is 2.07 bits per heavy atom. The van der Waals surface area contributed by atoms with Crippen LogP contribution in [0.1, 0.15) is 18.4 Å². The topological polar surface area (TPSA) is 90.6 Å². The number of ether oxygens (including phenoxy) is 2. The molecular weight excluding hydrogens is 348 g/mol. The largest absolute Gasteiger partial charge is 0.497 e. The van der Waals surface area contributed by atoms with E-state index in [1.165, 1.54) is 0 Å². The van der Waals surface area contributed by atoms with E-state index in [9.17, 15) is 4.79 Å². The van der Waals surface area contributed by atoms with E-state index in [1.54, 1.807) is 54.7 Å². The maximum absolute atomic E-state index is 12.5. The number of rotatable bonds is 6. The molecule has 1 unspecified atom stereocenters. The molecule has 0 spiro atoms. The molecule has 1 aliphatic rings. The Hall–Kier alpha value is -3.42. The van der Waals surface area contributed by atoms with Gasteiger partial charge in [-0.3, -0.25) is 9.78 Å². The number of amides is 1. The van der Waals surface area contributed by atoms with Gasteiger partial charge in [-0.25, -0.2) is 0 Å². The second-order valence-corrected chi connectivity index (χ2v) is 6.05. The number of aromatic nitrogens is 3. The molecule has 2 aromatic heterocycles. The second kappa shape index (κ2) is 7.45. The molecular formula is C19H18N4O4. The van der Waals surface area contributed by atoms with Gasteiger partial charge in [0.25, 0.3) is 5.91 Å². The van der Waals surface area contributed by atoms with Gasteiger partial charge in [0.15, 0.2) is 6.61 Å². The lowest BCUT2D eigenvalue weighted by molar-refractivity contribution is -0.142. The van der Waals surface area contributed by atoms with Crippen LogP contribution < -0.4 is 9.47 Å². The average Bonchev–Trinajstić information content (AvgIpc) is 3.16. The Bertz CT molecular complexity index is 911. The van der Waals surface area contributed by atoms with Gasteiger partial charge < -0.3 is 18.9 Å². The van der Waals surface area contributed by atoms with Crippen molar-refractivity contribution in [3.63, 3.8) is 0 Å². The molecule has 27 heavy (non-hydrogen) atoms. The summed E-state index contributed by atoms with van der Waals surface area (Å²) < 4.78 is 16.0. The van der Waals surface area contributed by atoms with E-state index in [0.717, 1.165) is 17.7 Å². The van der Waals surface area contributed by atoms with Crippen LogP contribution >= 0.6 is 0 Å². The minimum absolute atomic E-state index is 0.0492. The van der Waals surface area contributed by atoms with Gasteiger partial charge in [0, 0.05) is 24.5 Å². The van der Waals surface area contributed by atoms with Crippen molar-refractivity contribution in [3.8, 4) is 22.9 Å². The van der Waals surface area contributed by atoms with Crippen molar-refractivity contribution in [2.45, 2.75) is 12.5 Å². The third-order valence-corrected chi connectivity index (χ3v) is 4.41. The first-order valence-corrected chi connectivity index (χ1v) is 8.55. The summed E-state index contributed by atoms with van der Waals surface area (Å²) in [5.41, 5.74) is 0.771. The van der Waals surface area contributed by atoms with Crippen LogP contribution in [-0.2, 0) is 4.79 Å². The van der Waals surface area contributed by atoms with Crippen LogP contribution in [0.15, 0.2) is 53.3 Å². The van der Waals surface area contributed by atoms with Gasteiger partial charge in [0.2, 0.25) is 11.7 Å². The fraction of sp³-hybridized carbons (Fsp3) is 0.263. The SMILES string of the molecule is COc1ccc(OCC(=O)N2CCC2c2nc(-c3cccnc3)no2)cc1. The predicted octanol–water partition coefficient (Wildman–Crippen LogP) is 2.49. The molecule has 0 saturated carbocycles. The van der Waals surface area contributed by atoms with Crippen LogP contribution in [0.2, 0.25) is 0 Å². The molecule has 4 rings (SSSR count). The summed E-state index contributed by atoms with van der Waals surface area (Å²) in [5.74, 6) is 2.11. The molecule has 1 saturated heterocycles. The number of hydrogen-bond acceptors (Lipinski definition) is 7. The van der Waals surface area contributed by atoms with E-state index >= 15 is 0 Å². The Morgan fingerprint density at radius 1 is 1.26 bits per heavy atom. The van der Waals surface area contributed by atoms with Gasteiger partial charge in [0.1, 0.15) is 17.5 Å². The summed E-state index contributed by atoms with van der Waals surface area (Å²) in [7, 11) is 1.60. The second-order valence-electron chi connectivity index (χ2n) is 6.05. The molecule has 1 fully saturated rings. The lowest BCUT2D eigenvalue weighted by atomic mass is 10.0. The van der Waals surface area contributed by atoms with E-state index in [2.05, 4.69) is 15.1 Å². The number of methoxy groups -OCH3 is 1. The van der Waals surface area contributed by atoms with Crippen LogP contribution in [0.25, 0.3) is 11.4 Å². The van der Waals surface area contributed by atoms with Crippen LogP contribution in [0.4, 0.5) is 0 Å². The zero-order valence-corrected chi connectivity index (χ0v) is 14.7. The molecule has 1 aromatic carbocycles. The number of likely N-dealkylation sites (tertiary alicyclic amines) is 1. The van der Waals surface area contributed by atoms with Crippen LogP contribution in [0, 0.1) is 0 Å².